The van der Waals surface area contributed by atoms with Crippen LogP contribution in [0.5, 0.6) is 0 Å². The maximum absolute atomic E-state index is 5.69. The van der Waals surface area contributed by atoms with Crippen molar-refractivity contribution in [2.45, 2.75) is 25.2 Å². The molecule has 1 heterocycles. The van der Waals surface area contributed by atoms with E-state index in [-0.39, 0.29) is 0 Å². The van der Waals surface area contributed by atoms with Crippen LogP contribution in [0.25, 0.3) is 11.3 Å². The van der Waals surface area contributed by atoms with Crippen LogP contribution in [0.2, 0.25) is 0 Å². The van der Waals surface area contributed by atoms with Gasteiger partial charge < -0.3 is 5.73 Å². The molecule has 0 aliphatic heterocycles. The van der Waals surface area contributed by atoms with Crippen LogP contribution >= 0.6 is 0 Å². The Morgan fingerprint density at radius 2 is 1.94 bits per heavy atom. The Hall–Kier alpha value is -1.90. The predicted octanol–water partition coefficient (Wildman–Crippen LogP) is 2.99. The van der Waals surface area contributed by atoms with Gasteiger partial charge in [0.15, 0.2) is 0 Å². The summed E-state index contributed by atoms with van der Waals surface area (Å²) in [6.07, 6.45) is 7.27. The van der Waals surface area contributed by atoms with Gasteiger partial charge in [-0.2, -0.15) is 0 Å². The number of nitrogens with two attached hydrogens (primary N) is 1. The highest BCUT2D eigenvalue weighted by atomic mass is 14.9. The summed E-state index contributed by atoms with van der Waals surface area (Å²) in [5.74, 6) is 1.17. The fourth-order valence-corrected chi connectivity index (χ4v) is 2.32. The van der Waals surface area contributed by atoms with Crippen LogP contribution in [-0.4, -0.2) is 9.97 Å². The highest BCUT2D eigenvalue weighted by molar-refractivity contribution is 5.65. The lowest BCUT2D eigenvalue weighted by atomic mass is 9.78. The van der Waals surface area contributed by atoms with E-state index < -0.39 is 0 Å². The van der Waals surface area contributed by atoms with Gasteiger partial charge in [0.25, 0.3) is 0 Å². The van der Waals surface area contributed by atoms with Gasteiger partial charge in [-0.3, -0.25) is 4.98 Å². The number of nitrogen functional groups attached to an aromatic ring is 1. The molecule has 86 valence electrons. The van der Waals surface area contributed by atoms with Gasteiger partial charge in [-0.05, 0) is 24.3 Å². The molecule has 0 spiro atoms. The van der Waals surface area contributed by atoms with Crippen molar-refractivity contribution in [1.29, 1.82) is 0 Å². The van der Waals surface area contributed by atoms with Gasteiger partial charge in [0, 0.05) is 5.56 Å². The summed E-state index contributed by atoms with van der Waals surface area (Å²) >= 11 is 0. The van der Waals surface area contributed by atoms with Crippen LogP contribution in [0.1, 0.15) is 30.7 Å². The molecule has 1 saturated carbocycles. The summed E-state index contributed by atoms with van der Waals surface area (Å²) in [5, 5.41) is 0. The van der Waals surface area contributed by atoms with Gasteiger partial charge in [0.2, 0.25) is 0 Å². The quantitative estimate of drug-likeness (QED) is 0.854. The Morgan fingerprint density at radius 3 is 2.65 bits per heavy atom. The maximum atomic E-state index is 5.69. The minimum absolute atomic E-state index is 0.478. The van der Waals surface area contributed by atoms with Crippen molar-refractivity contribution in [3.05, 3.63) is 42.2 Å². The first kappa shape index (κ1) is 10.3. The number of aromatic nitrogens is 2. The Labute approximate surface area is 101 Å². The van der Waals surface area contributed by atoms with Crippen LogP contribution in [0, 0.1) is 0 Å². The fraction of sp³-hybridized carbons (Fsp3) is 0.286. The third-order valence-electron chi connectivity index (χ3n) is 3.43. The van der Waals surface area contributed by atoms with Gasteiger partial charge >= 0.3 is 0 Å². The van der Waals surface area contributed by atoms with Crippen molar-refractivity contribution < 1.29 is 0 Å². The molecule has 1 aromatic heterocycles. The number of nitrogens with zero attached hydrogens (tertiary/aromatic N) is 2. The average Bonchev–Trinajstić information content (AvgIpc) is 2.27. The lowest BCUT2D eigenvalue weighted by Crippen LogP contribution is -2.10. The molecule has 0 saturated heterocycles. The number of benzene rings is 1. The molecule has 1 aliphatic rings. The smallest absolute Gasteiger partial charge is 0.142 e. The van der Waals surface area contributed by atoms with Crippen LogP contribution in [0.4, 0.5) is 5.82 Å². The minimum Gasteiger partial charge on any atom is -0.382 e. The molecule has 1 aromatic carbocycles. The second-order valence-corrected chi connectivity index (χ2v) is 4.54. The van der Waals surface area contributed by atoms with Crippen molar-refractivity contribution in [3.8, 4) is 11.3 Å². The zero-order chi connectivity index (χ0) is 11.7. The van der Waals surface area contributed by atoms with E-state index in [1.807, 2.05) is 6.07 Å². The molecule has 0 bridgehead atoms. The second-order valence-electron chi connectivity index (χ2n) is 4.54. The Kier molecular flexibility index (Phi) is 2.52. The molecule has 0 radical (unpaired) electrons. The second kappa shape index (κ2) is 4.17. The first-order valence-electron chi connectivity index (χ1n) is 6.01. The van der Waals surface area contributed by atoms with Crippen LogP contribution in [0.15, 0.2) is 36.7 Å². The zero-order valence-electron chi connectivity index (χ0n) is 9.63. The summed E-state index contributed by atoms with van der Waals surface area (Å²) in [4.78, 5) is 8.48. The molecule has 3 heteroatoms. The van der Waals surface area contributed by atoms with Crippen molar-refractivity contribution in [3.63, 3.8) is 0 Å². The van der Waals surface area contributed by atoms with Gasteiger partial charge in [0.05, 0.1) is 18.1 Å². The van der Waals surface area contributed by atoms with Gasteiger partial charge in [-0.15, -0.1) is 0 Å². The van der Waals surface area contributed by atoms with Crippen molar-refractivity contribution in [2.24, 2.45) is 0 Å². The molecule has 3 rings (SSSR count). The molecule has 0 atom stereocenters. The molecule has 1 aliphatic carbocycles. The lowest BCUT2D eigenvalue weighted by molar-refractivity contribution is 0.420. The van der Waals surface area contributed by atoms with Crippen LogP contribution < -0.4 is 5.73 Å². The normalized spacial score (nSPS) is 15.5. The average molecular weight is 225 g/mol. The summed E-state index contributed by atoms with van der Waals surface area (Å²) in [5.41, 5.74) is 9.14. The first-order valence-corrected chi connectivity index (χ1v) is 6.01. The largest absolute Gasteiger partial charge is 0.382 e. The molecular weight excluding hydrogens is 210 g/mol. The third-order valence-corrected chi connectivity index (χ3v) is 3.43. The number of anilines is 1. The minimum atomic E-state index is 0.478. The molecule has 17 heavy (non-hydrogen) atoms. The predicted molar refractivity (Wildman–Crippen MR) is 68.5 cm³/mol. The molecule has 0 amide bonds. The van der Waals surface area contributed by atoms with Crippen LogP contribution in [-0.2, 0) is 0 Å². The summed E-state index contributed by atoms with van der Waals surface area (Å²) in [6.45, 7) is 0. The van der Waals surface area contributed by atoms with Crippen LogP contribution in [0.3, 0.4) is 0 Å². The molecule has 3 nitrogen and oxygen atoms in total. The molecule has 1 fully saturated rings. The van der Waals surface area contributed by atoms with E-state index in [1.54, 1.807) is 12.4 Å². The van der Waals surface area contributed by atoms with Gasteiger partial charge in [0.1, 0.15) is 5.82 Å². The summed E-state index contributed by atoms with van der Waals surface area (Å²) in [6, 6.07) is 8.44. The van der Waals surface area contributed by atoms with Crippen molar-refractivity contribution in [2.75, 3.05) is 5.73 Å². The topological polar surface area (TPSA) is 51.8 Å². The van der Waals surface area contributed by atoms with Crippen molar-refractivity contribution >= 4 is 5.82 Å². The van der Waals surface area contributed by atoms with E-state index in [0.717, 1.165) is 5.69 Å². The van der Waals surface area contributed by atoms with E-state index in [1.165, 1.54) is 30.4 Å². The van der Waals surface area contributed by atoms with Crippen molar-refractivity contribution in [1.82, 2.24) is 9.97 Å². The van der Waals surface area contributed by atoms with E-state index in [9.17, 15) is 0 Å². The fourth-order valence-electron chi connectivity index (χ4n) is 2.32. The molecule has 2 N–H and O–H groups in total. The highest BCUT2D eigenvalue weighted by Crippen LogP contribution is 2.40. The Morgan fingerprint density at radius 1 is 1.12 bits per heavy atom. The third kappa shape index (κ3) is 1.88. The Bertz CT molecular complexity index is 532. The van der Waals surface area contributed by atoms with E-state index in [4.69, 9.17) is 5.73 Å². The highest BCUT2D eigenvalue weighted by Gasteiger charge is 2.22. The zero-order valence-corrected chi connectivity index (χ0v) is 9.63. The van der Waals surface area contributed by atoms with E-state index >= 15 is 0 Å². The Balaban J connectivity index is 2.07. The molecule has 0 unspecified atom stereocenters. The number of hydrogen-bond donors (Lipinski definition) is 1. The number of hydrogen-bond acceptors (Lipinski definition) is 3. The summed E-state index contributed by atoms with van der Waals surface area (Å²) in [7, 11) is 0. The van der Waals surface area contributed by atoms with E-state index in [2.05, 4.69) is 28.2 Å². The molecular formula is C14H15N3. The maximum Gasteiger partial charge on any atom is 0.142 e. The van der Waals surface area contributed by atoms with Gasteiger partial charge in [-0.1, -0.05) is 30.7 Å². The van der Waals surface area contributed by atoms with Gasteiger partial charge in [-0.25, -0.2) is 4.98 Å². The summed E-state index contributed by atoms with van der Waals surface area (Å²) < 4.78 is 0. The standard InChI is InChI=1S/C14H15N3/c15-14-9-16-8-13(17-14)12-7-2-1-6-11(12)10-4-3-5-10/h1-2,6-10H,3-5H2,(H2,15,17). The lowest BCUT2D eigenvalue weighted by Gasteiger charge is -2.27. The monoisotopic (exact) mass is 225 g/mol. The molecule has 2 aromatic rings. The van der Waals surface area contributed by atoms with E-state index in [0.29, 0.717) is 11.7 Å². The SMILES string of the molecule is Nc1cncc(-c2ccccc2C2CCC2)n1. The first-order chi connectivity index (χ1) is 8.34. The number of rotatable bonds is 2.